The number of rotatable bonds is 8. The van der Waals surface area contributed by atoms with Crippen LogP contribution in [0.4, 0.5) is 5.13 Å². The number of β-lactam (4-membered cyclic amide) rings is 1. The summed E-state index contributed by atoms with van der Waals surface area (Å²) >= 11 is 2.40. The van der Waals surface area contributed by atoms with Crippen LogP contribution in [0.15, 0.2) is 52.4 Å². The number of hydrogen-bond donors (Lipinski definition) is 4. The maximum absolute atomic E-state index is 13.1. The summed E-state index contributed by atoms with van der Waals surface area (Å²) in [6.45, 7) is 0.0246. The molecule has 0 aliphatic carbocycles. The van der Waals surface area contributed by atoms with E-state index in [-0.39, 0.29) is 40.2 Å². The molecule has 2 aliphatic rings. The van der Waals surface area contributed by atoms with Gasteiger partial charge < -0.3 is 26.7 Å². The molecule has 0 unspecified atom stereocenters. The van der Waals surface area contributed by atoms with Crippen molar-refractivity contribution < 1.29 is 33.5 Å². The van der Waals surface area contributed by atoms with Gasteiger partial charge in [0, 0.05) is 22.8 Å². The Labute approximate surface area is 222 Å². The number of amides is 3. The predicted octanol–water partition coefficient (Wildman–Crippen LogP) is -0.846. The lowest BCUT2D eigenvalue weighted by Gasteiger charge is -2.49. The Balaban J connectivity index is 1.42. The normalized spacial score (nSPS) is 19.2. The number of nitrogens with one attached hydrogen (secondary N) is 1. The number of nitrogen functional groups attached to an aromatic ring is 1. The van der Waals surface area contributed by atoms with Crippen LogP contribution in [-0.4, -0.2) is 73.2 Å². The molecule has 3 amide bonds. The molecular weight excluding hydrogens is 536 g/mol. The minimum absolute atomic E-state index is 0.0246. The number of carbonyl (C=O) groups is 4. The van der Waals surface area contributed by atoms with Crippen molar-refractivity contribution in [3.8, 4) is 0 Å². The van der Waals surface area contributed by atoms with E-state index in [1.54, 1.807) is 39.6 Å². The summed E-state index contributed by atoms with van der Waals surface area (Å²) in [7, 11) is 1.26. The van der Waals surface area contributed by atoms with Crippen LogP contribution in [0.2, 0.25) is 0 Å². The number of hydrogen-bond acceptors (Lipinski definition) is 10. The predicted molar refractivity (Wildman–Crippen MR) is 136 cm³/mol. The number of aromatic nitrogens is 3. The number of nitrogens with zero attached hydrogens (tertiary/aromatic N) is 5. The number of thiazole rings is 1. The van der Waals surface area contributed by atoms with Gasteiger partial charge in [0.2, 0.25) is 5.69 Å². The van der Waals surface area contributed by atoms with E-state index in [9.17, 15) is 24.3 Å². The quantitative estimate of drug-likeness (QED) is 0.118. The van der Waals surface area contributed by atoms with E-state index in [1.807, 2.05) is 0 Å². The Kier molecular flexibility index (Phi) is 6.50. The lowest BCUT2D eigenvalue weighted by molar-refractivity contribution is -0.510. The molecule has 1 saturated heterocycles. The molecule has 196 valence electrons. The van der Waals surface area contributed by atoms with Gasteiger partial charge in [0.1, 0.15) is 42.7 Å². The largest absolute Gasteiger partial charge is 0.477 e. The zero-order valence-corrected chi connectivity index (χ0v) is 21.4. The maximum atomic E-state index is 13.1. The van der Waals surface area contributed by atoms with Gasteiger partial charge in [-0.05, 0) is 6.07 Å². The number of carboxylic acid groups (broad SMARTS) is 1. The fourth-order valence-electron chi connectivity index (χ4n) is 4.37. The van der Waals surface area contributed by atoms with E-state index < -0.39 is 35.1 Å². The Morgan fingerprint density at radius 3 is 2.82 bits per heavy atom. The van der Waals surface area contributed by atoms with E-state index in [2.05, 4.69) is 15.5 Å². The van der Waals surface area contributed by atoms with Crippen LogP contribution >= 0.6 is 23.1 Å². The van der Waals surface area contributed by atoms with Crippen LogP contribution in [0, 0.1) is 0 Å². The summed E-state index contributed by atoms with van der Waals surface area (Å²) in [5, 5.41) is 17.4. The number of imidazole rings is 1. The Bertz CT molecular complexity index is 1560. The molecule has 2 aliphatic heterocycles. The molecule has 2 atom stereocenters. The van der Waals surface area contributed by atoms with E-state index in [4.69, 9.17) is 16.3 Å². The number of aliphatic carboxylic acids is 1. The van der Waals surface area contributed by atoms with Gasteiger partial charge in [0.25, 0.3) is 23.4 Å². The van der Waals surface area contributed by atoms with Crippen molar-refractivity contribution >= 4 is 63.3 Å². The molecule has 5 rings (SSSR count). The molecule has 38 heavy (non-hydrogen) atoms. The molecule has 0 spiro atoms. The third kappa shape index (κ3) is 4.22. The summed E-state index contributed by atoms with van der Waals surface area (Å²) in [6.07, 6.45) is 3.30. The highest BCUT2D eigenvalue weighted by Crippen LogP contribution is 2.41. The van der Waals surface area contributed by atoms with Crippen molar-refractivity contribution in [1.82, 2.24) is 19.8 Å². The van der Waals surface area contributed by atoms with Crippen LogP contribution in [0.1, 0.15) is 16.2 Å². The first-order chi connectivity index (χ1) is 18.2. The van der Waals surface area contributed by atoms with Crippen LogP contribution in [-0.2, 0) is 25.8 Å². The summed E-state index contributed by atoms with van der Waals surface area (Å²) < 4.78 is 3.31. The second-order valence-corrected chi connectivity index (χ2v) is 10.2. The topological polar surface area (TPSA) is 199 Å². The summed E-state index contributed by atoms with van der Waals surface area (Å²) in [5.41, 5.74) is 12.3. The molecule has 14 nitrogen and oxygen atoms in total. The average Bonchev–Trinajstić information content (AvgIpc) is 3.48. The molecule has 0 bridgehead atoms. The van der Waals surface area contributed by atoms with Gasteiger partial charge in [-0.1, -0.05) is 11.2 Å². The Morgan fingerprint density at radius 1 is 1.37 bits per heavy atom. The van der Waals surface area contributed by atoms with E-state index in [0.717, 1.165) is 16.2 Å². The van der Waals surface area contributed by atoms with Crippen LogP contribution in [0.3, 0.4) is 0 Å². The van der Waals surface area contributed by atoms with Crippen molar-refractivity contribution in [3.05, 3.63) is 58.6 Å². The number of thioether (sulfide) groups is 1. The Hall–Kier alpha value is -4.44. The number of nitrogens with two attached hydrogens (primary N) is 2. The molecule has 3 aromatic heterocycles. The molecule has 1 fully saturated rings. The number of primary amides is 1. The highest BCUT2D eigenvalue weighted by molar-refractivity contribution is 8.00. The highest BCUT2D eigenvalue weighted by atomic mass is 32.2. The summed E-state index contributed by atoms with van der Waals surface area (Å²) in [4.78, 5) is 60.4. The van der Waals surface area contributed by atoms with E-state index in [1.165, 1.54) is 24.3 Å². The third-order valence-corrected chi connectivity index (χ3v) is 8.01. The first kappa shape index (κ1) is 25.2. The van der Waals surface area contributed by atoms with Crippen LogP contribution in [0.25, 0.3) is 5.65 Å². The van der Waals surface area contributed by atoms with Gasteiger partial charge >= 0.3 is 5.97 Å². The van der Waals surface area contributed by atoms with E-state index >= 15 is 0 Å². The first-order valence-corrected chi connectivity index (χ1v) is 13.0. The molecule has 6 N–H and O–H groups in total. The molecule has 5 heterocycles. The number of anilines is 1. The minimum atomic E-state index is -1.30. The molecule has 0 radical (unpaired) electrons. The molecular formula is C22H21N8O6S2+. The second-order valence-electron chi connectivity index (χ2n) is 8.24. The lowest BCUT2D eigenvalue weighted by Crippen LogP contribution is -2.71. The zero-order valence-electron chi connectivity index (χ0n) is 19.7. The monoisotopic (exact) mass is 557 g/mol. The van der Waals surface area contributed by atoms with Crippen LogP contribution in [0.5, 0.6) is 0 Å². The van der Waals surface area contributed by atoms with Crippen molar-refractivity contribution in [1.29, 1.82) is 0 Å². The fraction of sp³-hybridized carbons (Fsp3) is 0.227. The average molecular weight is 558 g/mol. The summed E-state index contributed by atoms with van der Waals surface area (Å²) in [5.74, 6) is -3.05. The van der Waals surface area contributed by atoms with Crippen molar-refractivity contribution in [2.24, 2.45) is 10.9 Å². The molecule has 0 saturated carbocycles. The van der Waals surface area contributed by atoms with Crippen LogP contribution < -0.4 is 21.2 Å². The first-order valence-electron chi connectivity index (χ1n) is 11.0. The lowest BCUT2D eigenvalue weighted by atomic mass is 10.0. The van der Waals surface area contributed by atoms with Crippen molar-refractivity contribution in [2.45, 2.75) is 18.0 Å². The van der Waals surface area contributed by atoms with Gasteiger partial charge in [-0.3, -0.25) is 19.3 Å². The van der Waals surface area contributed by atoms with Crippen molar-refractivity contribution in [3.63, 3.8) is 0 Å². The number of carboxylic acids is 1. The summed E-state index contributed by atoms with van der Waals surface area (Å²) in [6, 6.07) is 4.33. The van der Waals surface area contributed by atoms with Crippen molar-refractivity contribution in [2.75, 3.05) is 18.6 Å². The van der Waals surface area contributed by atoms with E-state index in [0.29, 0.717) is 11.2 Å². The number of carbonyl (C=O) groups excluding carboxylic acids is 3. The third-order valence-electron chi connectivity index (χ3n) is 6.00. The zero-order chi connectivity index (χ0) is 27.1. The number of pyridine rings is 1. The van der Waals surface area contributed by atoms with Gasteiger partial charge in [-0.25, -0.2) is 18.7 Å². The smallest absolute Gasteiger partial charge is 0.352 e. The minimum Gasteiger partial charge on any atom is -0.477 e. The number of oxime groups is 1. The fourth-order valence-corrected chi connectivity index (χ4v) is 6.25. The number of fused-ring (bicyclic) bond motifs is 2. The molecule has 3 aromatic rings. The SMILES string of the molecule is CON=C(C(=O)N[C@@H]1C(=O)N2C(C(=O)O)=C(Cn3c(C(N)=O)c[n+]4ccccc34)CS[C@@H]12)c1csc(N)n1. The maximum Gasteiger partial charge on any atom is 0.352 e. The second kappa shape index (κ2) is 9.79. The highest BCUT2D eigenvalue weighted by Gasteiger charge is 2.54. The molecule has 0 aromatic carbocycles. The molecule has 16 heteroatoms. The van der Waals surface area contributed by atoms with Gasteiger partial charge in [-0.2, -0.15) is 0 Å². The van der Waals surface area contributed by atoms with Gasteiger partial charge in [0.05, 0.1) is 6.20 Å². The standard InChI is InChI=1S/C22H20N8O6S2/c1-36-27-14(11-9-38-22(24)25-11)18(32)26-15-19(33)30-16(21(34)35)10(8-37-20(15)30)6-29-12(17(23)31)7-28-5-3-2-4-13(28)29/h2-5,7,9,15,20H,6,8H2,1H3,(H5-,23,24,25,26,31,32,34,35)/p+1/t15-,20+/m1/s1. The van der Waals surface area contributed by atoms with Gasteiger partial charge in [-0.15, -0.1) is 23.1 Å². The Morgan fingerprint density at radius 2 is 2.16 bits per heavy atom. The van der Waals surface area contributed by atoms with Gasteiger partial charge in [0.15, 0.2) is 10.8 Å².